The van der Waals surface area contributed by atoms with Crippen LogP contribution in [0.3, 0.4) is 0 Å². The monoisotopic (exact) mass is 242 g/mol. The standard InChI is InChI=1S/C14H30N2O/c1-11(2)8-14-10-16(9-13(4)17-5)12(3)6-7-15-14/h11-15H,6-10H2,1-5H3. The maximum atomic E-state index is 5.40. The minimum absolute atomic E-state index is 0.329. The zero-order chi connectivity index (χ0) is 12.8. The van der Waals surface area contributed by atoms with Gasteiger partial charge < -0.3 is 10.1 Å². The summed E-state index contributed by atoms with van der Waals surface area (Å²) < 4.78 is 5.40. The highest BCUT2D eigenvalue weighted by Crippen LogP contribution is 2.14. The second-order valence-electron chi connectivity index (χ2n) is 5.92. The summed E-state index contributed by atoms with van der Waals surface area (Å²) in [4.78, 5) is 2.58. The Morgan fingerprint density at radius 2 is 2.06 bits per heavy atom. The highest BCUT2D eigenvalue weighted by atomic mass is 16.5. The van der Waals surface area contributed by atoms with Gasteiger partial charge in [-0.3, -0.25) is 4.90 Å². The molecule has 0 amide bonds. The Hall–Kier alpha value is -0.120. The van der Waals surface area contributed by atoms with Gasteiger partial charge in [-0.05, 0) is 39.2 Å². The lowest BCUT2D eigenvalue weighted by molar-refractivity contribution is 0.0611. The molecule has 3 unspecified atom stereocenters. The normalized spacial score (nSPS) is 29.3. The van der Waals surface area contributed by atoms with Crippen LogP contribution in [0.2, 0.25) is 0 Å². The Morgan fingerprint density at radius 3 is 2.65 bits per heavy atom. The van der Waals surface area contributed by atoms with Crippen LogP contribution >= 0.6 is 0 Å². The van der Waals surface area contributed by atoms with Gasteiger partial charge in [0.1, 0.15) is 0 Å². The van der Waals surface area contributed by atoms with Crippen LogP contribution in [0.25, 0.3) is 0 Å². The number of rotatable bonds is 5. The summed E-state index contributed by atoms with van der Waals surface area (Å²) >= 11 is 0. The quantitative estimate of drug-likeness (QED) is 0.799. The molecule has 3 atom stereocenters. The van der Waals surface area contributed by atoms with Crippen LogP contribution in [0.5, 0.6) is 0 Å². The SMILES string of the molecule is COC(C)CN1CC(CC(C)C)NCCC1C. The van der Waals surface area contributed by atoms with Gasteiger partial charge in [0.15, 0.2) is 0 Å². The van der Waals surface area contributed by atoms with Gasteiger partial charge >= 0.3 is 0 Å². The van der Waals surface area contributed by atoms with Crippen LogP contribution in [0.15, 0.2) is 0 Å². The number of ether oxygens (including phenoxy) is 1. The minimum atomic E-state index is 0.329. The van der Waals surface area contributed by atoms with E-state index in [0.29, 0.717) is 18.2 Å². The molecule has 1 heterocycles. The Balaban J connectivity index is 2.52. The van der Waals surface area contributed by atoms with Gasteiger partial charge in [0.05, 0.1) is 6.10 Å². The topological polar surface area (TPSA) is 24.5 Å². The van der Waals surface area contributed by atoms with Crippen LogP contribution in [-0.2, 0) is 4.74 Å². The molecule has 102 valence electrons. The Kier molecular flexibility index (Phi) is 6.45. The zero-order valence-corrected chi connectivity index (χ0v) is 12.2. The molecule has 1 aliphatic rings. The fraction of sp³-hybridized carbons (Fsp3) is 1.00. The van der Waals surface area contributed by atoms with Crippen molar-refractivity contribution in [1.29, 1.82) is 0 Å². The Labute approximate surface area is 107 Å². The third-order valence-electron chi connectivity index (χ3n) is 3.72. The number of hydrogen-bond acceptors (Lipinski definition) is 3. The maximum Gasteiger partial charge on any atom is 0.0670 e. The largest absolute Gasteiger partial charge is 0.380 e. The van der Waals surface area contributed by atoms with Gasteiger partial charge in [0, 0.05) is 32.3 Å². The van der Waals surface area contributed by atoms with Crippen LogP contribution in [0.4, 0.5) is 0 Å². The third-order valence-corrected chi connectivity index (χ3v) is 3.72. The molecule has 0 aromatic rings. The van der Waals surface area contributed by atoms with Gasteiger partial charge in [0.25, 0.3) is 0 Å². The first-order valence-corrected chi connectivity index (χ1v) is 7.03. The highest BCUT2D eigenvalue weighted by molar-refractivity contribution is 4.82. The van der Waals surface area contributed by atoms with Gasteiger partial charge in [-0.1, -0.05) is 13.8 Å². The van der Waals surface area contributed by atoms with E-state index in [2.05, 4.69) is 37.9 Å². The summed E-state index contributed by atoms with van der Waals surface area (Å²) in [6.07, 6.45) is 2.84. The van der Waals surface area contributed by atoms with Crippen molar-refractivity contribution in [2.45, 2.75) is 58.7 Å². The molecule has 0 bridgehead atoms. The highest BCUT2D eigenvalue weighted by Gasteiger charge is 2.24. The number of nitrogens with one attached hydrogen (secondary N) is 1. The summed E-state index contributed by atoms with van der Waals surface area (Å²) in [5.41, 5.74) is 0. The van der Waals surface area contributed by atoms with Gasteiger partial charge in [0.2, 0.25) is 0 Å². The van der Waals surface area contributed by atoms with Crippen molar-refractivity contribution >= 4 is 0 Å². The van der Waals surface area contributed by atoms with E-state index in [4.69, 9.17) is 4.74 Å². The van der Waals surface area contributed by atoms with Crippen molar-refractivity contribution in [3.8, 4) is 0 Å². The fourth-order valence-corrected chi connectivity index (χ4v) is 2.59. The number of methoxy groups -OCH3 is 1. The molecule has 0 aromatic heterocycles. The molecule has 17 heavy (non-hydrogen) atoms. The van der Waals surface area contributed by atoms with Crippen LogP contribution < -0.4 is 5.32 Å². The number of hydrogen-bond donors (Lipinski definition) is 1. The summed E-state index contributed by atoms with van der Waals surface area (Å²) in [7, 11) is 1.80. The van der Waals surface area contributed by atoms with E-state index in [-0.39, 0.29) is 0 Å². The van der Waals surface area contributed by atoms with Crippen molar-refractivity contribution in [2.24, 2.45) is 5.92 Å². The molecule has 3 heteroatoms. The van der Waals surface area contributed by atoms with Gasteiger partial charge in [-0.25, -0.2) is 0 Å². The van der Waals surface area contributed by atoms with Gasteiger partial charge in [-0.2, -0.15) is 0 Å². The molecule has 1 N–H and O–H groups in total. The van der Waals surface area contributed by atoms with Crippen molar-refractivity contribution in [3.05, 3.63) is 0 Å². The lowest BCUT2D eigenvalue weighted by Gasteiger charge is -2.31. The van der Waals surface area contributed by atoms with Crippen LogP contribution in [-0.4, -0.2) is 49.8 Å². The molecule has 0 spiro atoms. The molecule has 0 radical (unpaired) electrons. The fourth-order valence-electron chi connectivity index (χ4n) is 2.59. The third kappa shape index (κ3) is 5.36. The molecular formula is C14H30N2O. The first-order valence-electron chi connectivity index (χ1n) is 7.03. The van der Waals surface area contributed by atoms with E-state index in [1.54, 1.807) is 7.11 Å². The van der Waals surface area contributed by atoms with E-state index in [1.165, 1.54) is 12.8 Å². The average Bonchev–Trinajstić information content (AvgIpc) is 2.41. The second-order valence-corrected chi connectivity index (χ2v) is 5.92. The summed E-state index contributed by atoms with van der Waals surface area (Å²) in [5.74, 6) is 0.766. The molecule has 1 fully saturated rings. The lowest BCUT2D eigenvalue weighted by atomic mass is 10.0. The van der Waals surface area contributed by atoms with Crippen molar-refractivity contribution in [1.82, 2.24) is 10.2 Å². The summed E-state index contributed by atoms with van der Waals surface area (Å²) in [6, 6.07) is 1.31. The first kappa shape index (κ1) is 14.9. The minimum Gasteiger partial charge on any atom is -0.380 e. The van der Waals surface area contributed by atoms with E-state index < -0.39 is 0 Å². The molecule has 0 saturated carbocycles. The van der Waals surface area contributed by atoms with Crippen molar-refractivity contribution in [2.75, 3.05) is 26.7 Å². The van der Waals surface area contributed by atoms with Crippen LogP contribution in [0, 0.1) is 5.92 Å². The van der Waals surface area contributed by atoms with Crippen molar-refractivity contribution < 1.29 is 4.74 Å². The molecular weight excluding hydrogens is 212 g/mol. The van der Waals surface area contributed by atoms with E-state index in [9.17, 15) is 0 Å². The van der Waals surface area contributed by atoms with E-state index in [0.717, 1.165) is 25.6 Å². The van der Waals surface area contributed by atoms with Crippen molar-refractivity contribution in [3.63, 3.8) is 0 Å². The molecule has 1 rings (SSSR count). The lowest BCUT2D eigenvalue weighted by Crippen LogP contribution is -2.43. The first-order chi connectivity index (χ1) is 8.02. The molecule has 0 aromatic carbocycles. The smallest absolute Gasteiger partial charge is 0.0670 e. The Morgan fingerprint density at radius 1 is 1.35 bits per heavy atom. The number of nitrogens with zero attached hydrogens (tertiary/aromatic N) is 1. The van der Waals surface area contributed by atoms with E-state index >= 15 is 0 Å². The molecule has 1 aliphatic heterocycles. The molecule has 1 saturated heterocycles. The predicted octanol–water partition coefficient (Wildman–Crippen LogP) is 2.12. The molecule has 0 aliphatic carbocycles. The van der Waals surface area contributed by atoms with Crippen LogP contribution in [0.1, 0.15) is 40.5 Å². The zero-order valence-electron chi connectivity index (χ0n) is 12.2. The Bertz CT molecular complexity index is 208. The maximum absolute atomic E-state index is 5.40. The van der Waals surface area contributed by atoms with E-state index in [1.807, 2.05) is 0 Å². The predicted molar refractivity (Wildman–Crippen MR) is 73.4 cm³/mol. The van der Waals surface area contributed by atoms with Gasteiger partial charge in [-0.15, -0.1) is 0 Å². The second kappa shape index (κ2) is 7.34. The summed E-state index contributed by atoms with van der Waals surface area (Å²) in [5, 5.41) is 3.68. The summed E-state index contributed by atoms with van der Waals surface area (Å²) in [6.45, 7) is 12.5. The molecule has 3 nitrogen and oxygen atoms in total. The average molecular weight is 242 g/mol.